The molecule has 0 spiro atoms. The number of likely N-dealkylation sites (N-methyl/N-ethyl adjacent to an activating group) is 1. The molecule has 3 rings (SSSR count). The number of halogens is 1. The molecule has 0 aromatic carbocycles. The average molecular weight is 516 g/mol. The summed E-state index contributed by atoms with van der Waals surface area (Å²) in [5.74, 6) is 1.84. The molecule has 2 saturated heterocycles. The Morgan fingerprint density at radius 2 is 1.62 bits per heavy atom. The lowest BCUT2D eigenvalue weighted by Crippen LogP contribution is -2.53. The molecule has 164 valence electrons. The van der Waals surface area contributed by atoms with E-state index in [1.165, 1.54) is 52.1 Å². The Morgan fingerprint density at radius 3 is 2.24 bits per heavy atom. The summed E-state index contributed by atoms with van der Waals surface area (Å²) in [5, 5.41) is 3.55. The standard InChI is InChI=1S/C20H36N8.HI/c1-3-25-11-13-26(14-12-25)10-5-4-7-22-19(21-2)27-15-17-28(18-16-27)20-23-8-6-9-24-20;/h6,8-9H,3-5,7,10-18H2,1-2H3,(H,21,22);1H. The van der Waals surface area contributed by atoms with Crippen molar-refractivity contribution in [1.82, 2.24) is 30.0 Å². The summed E-state index contributed by atoms with van der Waals surface area (Å²) in [5.41, 5.74) is 0. The highest BCUT2D eigenvalue weighted by atomic mass is 127. The number of aliphatic imine (C=N–C) groups is 1. The van der Waals surface area contributed by atoms with Crippen molar-refractivity contribution < 1.29 is 0 Å². The summed E-state index contributed by atoms with van der Waals surface area (Å²) in [4.78, 5) is 22.9. The maximum absolute atomic E-state index is 4.48. The van der Waals surface area contributed by atoms with E-state index in [0.29, 0.717) is 0 Å². The summed E-state index contributed by atoms with van der Waals surface area (Å²) in [6, 6.07) is 1.86. The van der Waals surface area contributed by atoms with Crippen LogP contribution in [0.4, 0.5) is 5.95 Å². The third-order valence-corrected chi connectivity index (χ3v) is 5.72. The van der Waals surface area contributed by atoms with Gasteiger partial charge in [0.2, 0.25) is 5.95 Å². The lowest BCUT2D eigenvalue weighted by atomic mass is 10.2. The van der Waals surface area contributed by atoms with Gasteiger partial charge in [0.15, 0.2) is 5.96 Å². The molecule has 2 aliphatic rings. The lowest BCUT2D eigenvalue weighted by Gasteiger charge is -2.36. The van der Waals surface area contributed by atoms with Crippen LogP contribution in [0.25, 0.3) is 0 Å². The number of aromatic nitrogens is 2. The third kappa shape index (κ3) is 7.53. The van der Waals surface area contributed by atoms with Crippen LogP contribution in [-0.4, -0.2) is 110 Å². The molecule has 8 nitrogen and oxygen atoms in total. The minimum Gasteiger partial charge on any atom is -0.356 e. The van der Waals surface area contributed by atoms with Crippen LogP contribution in [0, 0.1) is 0 Å². The number of hydrogen-bond donors (Lipinski definition) is 1. The highest BCUT2D eigenvalue weighted by Gasteiger charge is 2.21. The predicted octanol–water partition coefficient (Wildman–Crippen LogP) is 1.21. The summed E-state index contributed by atoms with van der Waals surface area (Å²) in [7, 11) is 1.88. The Bertz CT molecular complexity index is 583. The van der Waals surface area contributed by atoms with Crippen LogP contribution in [0.2, 0.25) is 0 Å². The van der Waals surface area contributed by atoms with Gasteiger partial charge in [0, 0.05) is 78.3 Å². The summed E-state index contributed by atoms with van der Waals surface area (Å²) >= 11 is 0. The molecule has 0 saturated carbocycles. The van der Waals surface area contributed by atoms with Crippen molar-refractivity contribution >= 4 is 35.9 Å². The average Bonchev–Trinajstić information content (AvgIpc) is 2.77. The van der Waals surface area contributed by atoms with E-state index >= 15 is 0 Å². The molecule has 3 heterocycles. The number of nitrogens with one attached hydrogen (secondary N) is 1. The zero-order chi connectivity index (χ0) is 19.6. The van der Waals surface area contributed by atoms with E-state index < -0.39 is 0 Å². The Labute approximate surface area is 192 Å². The molecule has 0 bridgehead atoms. The maximum atomic E-state index is 4.48. The van der Waals surface area contributed by atoms with Crippen molar-refractivity contribution in [2.45, 2.75) is 19.8 Å². The third-order valence-electron chi connectivity index (χ3n) is 5.72. The first-order valence-corrected chi connectivity index (χ1v) is 10.7. The molecular weight excluding hydrogens is 479 g/mol. The van der Waals surface area contributed by atoms with Crippen molar-refractivity contribution in [3.63, 3.8) is 0 Å². The molecule has 0 radical (unpaired) electrons. The SMILES string of the molecule is CCN1CCN(CCCCNC(=NC)N2CCN(c3ncccn3)CC2)CC1.I. The summed E-state index contributed by atoms with van der Waals surface area (Å²) in [6.07, 6.45) is 6.04. The number of hydrogen-bond acceptors (Lipinski definition) is 6. The number of piperazine rings is 2. The molecule has 0 aliphatic carbocycles. The topological polar surface area (TPSA) is 63.1 Å². The van der Waals surface area contributed by atoms with Gasteiger partial charge < -0.3 is 24.9 Å². The minimum absolute atomic E-state index is 0. The molecule has 0 amide bonds. The first-order valence-electron chi connectivity index (χ1n) is 10.7. The van der Waals surface area contributed by atoms with Gasteiger partial charge in [-0.05, 0) is 32.0 Å². The molecular formula is C20H37IN8. The van der Waals surface area contributed by atoms with Crippen LogP contribution in [0.5, 0.6) is 0 Å². The van der Waals surface area contributed by atoms with E-state index in [9.17, 15) is 0 Å². The maximum Gasteiger partial charge on any atom is 0.225 e. The van der Waals surface area contributed by atoms with Crippen LogP contribution in [-0.2, 0) is 0 Å². The number of rotatable bonds is 7. The fourth-order valence-electron chi connectivity index (χ4n) is 3.89. The van der Waals surface area contributed by atoms with Gasteiger partial charge in [-0.1, -0.05) is 6.92 Å². The first kappa shape index (κ1) is 24.1. The quantitative estimate of drug-likeness (QED) is 0.253. The Balaban J connectivity index is 0.00000300. The minimum atomic E-state index is 0. The molecule has 0 atom stereocenters. The van der Waals surface area contributed by atoms with Gasteiger partial charge in [-0.2, -0.15) is 0 Å². The highest BCUT2D eigenvalue weighted by Crippen LogP contribution is 2.10. The number of unbranched alkanes of at least 4 members (excludes halogenated alkanes) is 1. The van der Waals surface area contributed by atoms with Crippen LogP contribution in [0.1, 0.15) is 19.8 Å². The molecule has 1 aromatic heterocycles. The Morgan fingerprint density at radius 1 is 0.966 bits per heavy atom. The molecule has 0 unspecified atom stereocenters. The second kappa shape index (κ2) is 13.2. The van der Waals surface area contributed by atoms with Crippen LogP contribution >= 0.6 is 24.0 Å². The van der Waals surface area contributed by atoms with Crippen LogP contribution in [0.15, 0.2) is 23.5 Å². The first-order chi connectivity index (χ1) is 13.8. The van der Waals surface area contributed by atoms with Gasteiger partial charge >= 0.3 is 0 Å². The van der Waals surface area contributed by atoms with Crippen molar-refractivity contribution in [2.24, 2.45) is 4.99 Å². The van der Waals surface area contributed by atoms with E-state index in [0.717, 1.165) is 44.6 Å². The van der Waals surface area contributed by atoms with Gasteiger partial charge in [0.1, 0.15) is 0 Å². The second-order valence-electron chi connectivity index (χ2n) is 7.48. The molecule has 29 heavy (non-hydrogen) atoms. The van der Waals surface area contributed by atoms with E-state index in [4.69, 9.17) is 0 Å². The van der Waals surface area contributed by atoms with Crippen molar-refractivity contribution in [3.8, 4) is 0 Å². The van der Waals surface area contributed by atoms with Crippen LogP contribution < -0.4 is 10.2 Å². The zero-order valence-corrected chi connectivity index (χ0v) is 20.3. The van der Waals surface area contributed by atoms with E-state index in [1.807, 2.05) is 13.1 Å². The Kier molecular flexibility index (Phi) is 10.9. The highest BCUT2D eigenvalue weighted by molar-refractivity contribution is 14.0. The van der Waals surface area contributed by atoms with Gasteiger partial charge in [-0.25, -0.2) is 9.97 Å². The van der Waals surface area contributed by atoms with Gasteiger partial charge in [0.25, 0.3) is 0 Å². The molecule has 9 heteroatoms. The molecule has 2 aliphatic heterocycles. The largest absolute Gasteiger partial charge is 0.356 e. The zero-order valence-electron chi connectivity index (χ0n) is 18.0. The predicted molar refractivity (Wildman–Crippen MR) is 130 cm³/mol. The molecule has 1 aromatic rings. The Hall–Kier alpha value is -1.20. The van der Waals surface area contributed by atoms with E-state index in [1.54, 1.807) is 12.4 Å². The summed E-state index contributed by atoms with van der Waals surface area (Å²) in [6.45, 7) is 14.3. The van der Waals surface area contributed by atoms with Crippen molar-refractivity contribution in [3.05, 3.63) is 18.5 Å². The van der Waals surface area contributed by atoms with Crippen molar-refractivity contribution in [2.75, 3.05) is 83.9 Å². The van der Waals surface area contributed by atoms with Crippen LogP contribution in [0.3, 0.4) is 0 Å². The number of anilines is 1. The molecule has 2 fully saturated rings. The number of nitrogens with zero attached hydrogens (tertiary/aromatic N) is 7. The van der Waals surface area contributed by atoms with E-state index in [2.05, 4.69) is 46.8 Å². The van der Waals surface area contributed by atoms with Gasteiger partial charge in [-0.3, -0.25) is 4.99 Å². The van der Waals surface area contributed by atoms with Crippen molar-refractivity contribution in [1.29, 1.82) is 0 Å². The normalized spacial score (nSPS) is 19.2. The monoisotopic (exact) mass is 516 g/mol. The van der Waals surface area contributed by atoms with Gasteiger partial charge in [-0.15, -0.1) is 24.0 Å². The van der Waals surface area contributed by atoms with E-state index in [-0.39, 0.29) is 24.0 Å². The fraction of sp³-hybridized carbons (Fsp3) is 0.750. The summed E-state index contributed by atoms with van der Waals surface area (Å²) < 4.78 is 0. The second-order valence-corrected chi connectivity index (χ2v) is 7.48. The fourth-order valence-corrected chi connectivity index (χ4v) is 3.89. The lowest BCUT2D eigenvalue weighted by molar-refractivity contribution is 0.136. The number of guanidine groups is 1. The smallest absolute Gasteiger partial charge is 0.225 e. The molecule has 1 N–H and O–H groups in total. The van der Waals surface area contributed by atoms with Gasteiger partial charge in [0.05, 0.1) is 0 Å².